The Balaban J connectivity index is 1.80. The summed E-state index contributed by atoms with van der Waals surface area (Å²) in [7, 11) is 0. The van der Waals surface area contributed by atoms with E-state index in [1.807, 2.05) is 6.08 Å². The molecule has 4 nitrogen and oxygen atoms in total. The van der Waals surface area contributed by atoms with Gasteiger partial charge in [-0.25, -0.2) is 4.79 Å². The third-order valence-corrected chi connectivity index (χ3v) is 4.00. The second-order valence-electron chi connectivity index (χ2n) is 5.21. The molecule has 0 bridgehead atoms. The van der Waals surface area contributed by atoms with Crippen molar-refractivity contribution in [3.05, 3.63) is 12.2 Å². The van der Waals surface area contributed by atoms with Crippen molar-refractivity contribution in [1.29, 1.82) is 0 Å². The molecule has 0 aromatic carbocycles. The third-order valence-electron chi connectivity index (χ3n) is 4.00. The minimum atomic E-state index is -0.225. The number of unbranched alkanes of at least 4 members (excludes halogenated alkanes) is 1. The van der Waals surface area contributed by atoms with Gasteiger partial charge in [0.1, 0.15) is 0 Å². The van der Waals surface area contributed by atoms with E-state index in [-0.39, 0.29) is 17.3 Å². The largest absolute Gasteiger partial charge is 0.449 e. The lowest BCUT2D eigenvalue weighted by Gasteiger charge is -2.37. The number of carbonyl (C=O) groups is 2. The molecule has 4 heteroatoms. The van der Waals surface area contributed by atoms with E-state index in [1.54, 1.807) is 11.0 Å². The van der Waals surface area contributed by atoms with E-state index in [0.717, 1.165) is 32.1 Å². The molecule has 0 aromatic rings. The van der Waals surface area contributed by atoms with E-state index in [1.165, 1.54) is 0 Å². The Morgan fingerprint density at radius 3 is 2.72 bits per heavy atom. The topological polar surface area (TPSA) is 46.6 Å². The molecule has 0 radical (unpaired) electrons. The Labute approximate surface area is 108 Å². The molecular weight excluding hydrogens is 230 g/mol. The number of piperidine rings is 1. The van der Waals surface area contributed by atoms with Crippen LogP contribution in [0.1, 0.15) is 39.0 Å². The maximum absolute atomic E-state index is 11.8. The smallest absolute Gasteiger partial charge is 0.409 e. The molecule has 1 fully saturated rings. The first-order valence-corrected chi connectivity index (χ1v) is 6.81. The number of carbonyl (C=O) groups excluding carboxylic acids is 2. The predicted molar refractivity (Wildman–Crippen MR) is 68.3 cm³/mol. The van der Waals surface area contributed by atoms with Gasteiger partial charge >= 0.3 is 6.09 Å². The van der Waals surface area contributed by atoms with Crippen molar-refractivity contribution in [2.24, 2.45) is 5.41 Å². The lowest BCUT2D eigenvalue weighted by atomic mass is 9.76. The number of ketones is 1. The lowest BCUT2D eigenvalue weighted by Crippen LogP contribution is -2.45. The average molecular weight is 251 g/mol. The van der Waals surface area contributed by atoms with Crippen LogP contribution in [0.5, 0.6) is 0 Å². The van der Waals surface area contributed by atoms with Crippen LogP contribution in [0.15, 0.2) is 12.2 Å². The van der Waals surface area contributed by atoms with Gasteiger partial charge in [0.15, 0.2) is 5.78 Å². The lowest BCUT2D eigenvalue weighted by molar-refractivity contribution is -0.125. The zero-order valence-corrected chi connectivity index (χ0v) is 11.0. The van der Waals surface area contributed by atoms with Crippen molar-refractivity contribution in [3.63, 3.8) is 0 Å². The van der Waals surface area contributed by atoms with E-state index in [4.69, 9.17) is 4.74 Å². The molecule has 1 aliphatic heterocycles. The van der Waals surface area contributed by atoms with E-state index in [9.17, 15) is 9.59 Å². The number of hydrogen-bond acceptors (Lipinski definition) is 3. The number of allylic oxidation sites excluding steroid dienone is 2. The summed E-state index contributed by atoms with van der Waals surface area (Å²) in [5, 5.41) is 0. The number of ether oxygens (including phenoxy) is 1. The second-order valence-corrected chi connectivity index (χ2v) is 5.21. The van der Waals surface area contributed by atoms with Gasteiger partial charge in [0, 0.05) is 18.5 Å². The summed E-state index contributed by atoms with van der Waals surface area (Å²) < 4.78 is 5.19. The maximum Gasteiger partial charge on any atom is 0.409 e. The standard InChI is InChI=1S/C14H21NO3/c1-2-3-11-18-13(17)15-9-7-14(8-10-15)6-4-5-12(14)16/h4-5H,2-3,6-11H2,1H3. The van der Waals surface area contributed by atoms with Crippen LogP contribution in [-0.2, 0) is 9.53 Å². The first-order chi connectivity index (χ1) is 8.68. The van der Waals surface area contributed by atoms with Gasteiger partial charge in [0.25, 0.3) is 0 Å². The van der Waals surface area contributed by atoms with Gasteiger partial charge in [-0.1, -0.05) is 19.4 Å². The molecule has 0 N–H and O–H groups in total. The summed E-state index contributed by atoms with van der Waals surface area (Å²) >= 11 is 0. The molecule has 1 aliphatic carbocycles. The summed E-state index contributed by atoms with van der Waals surface area (Å²) in [6.45, 7) is 3.84. The van der Waals surface area contributed by atoms with Crippen LogP contribution in [0, 0.1) is 5.41 Å². The van der Waals surface area contributed by atoms with Gasteiger partial charge < -0.3 is 9.64 Å². The van der Waals surface area contributed by atoms with Gasteiger partial charge in [0.2, 0.25) is 0 Å². The number of amides is 1. The van der Waals surface area contributed by atoms with Crippen LogP contribution in [-0.4, -0.2) is 36.5 Å². The highest BCUT2D eigenvalue weighted by molar-refractivity contribution is 5.97. The Morgan fingerprint density at radius 1 is 1.44 bits per heavy atom. The van der Waals surface area contributed by atoms with Gasteiger partial charge in [-0.3, -0.25) is 4.79 Å². The van der Waals surface area contributed by atoms with Crippen molar-refractivity contribution >= 4 is 11.9 Å². The molecule has 0 atom stereocenters. The van der Waals surface area contributed by atoms with Crippen molar-refractivity contribution < 1.29 is 14.3 Å². The first-order valence-electron chi connectivity index (χ1n) is 6.81. The average Bonchev–Trinajstić information content (AvgIpc) is 2.72. The zero-order valence-electron chi connectivity index (χ0n) is 11.0. The SMILES string of the molecule is CCCCOC(=O)N1CCC2(CC=CC2=O)CC1. The zero-order chi connectivity index (χ0) is 13.0. The van der Waals surface area contributed by atoms with Crippen molar-refractivity contribution in [1.82, 2.24) is 4.90 Å². The fraction of sp³-hybridized carbons (Fsp3) is 0.714. The summed E-state index contributed by atoms with van der Waals surface area (Å²) in [5.74, 6) is 0.238. The second kappa shape index (κ2) is 5.55. The Bertz CT molecular complexity index is 354. The predicted octanol–water partition coefficient (Wildman–Crippen LogP) is 2.53. The summed E-state index contributed by atoms with van der Waals surface area (Å²) in [5.41, 5.74) is -0.208. The maximum atomic E-state index is 11.8. The fourth-order valence-electron chi connectivity index (χ4n) is 2.63. The van der Waals surface area contributed by atoms with Crippen LogP contribution in [0.3, 0.4) is 0 Å². The van der Waals surface area contributed by atoms with E-state index >= 15 is 0 Å². The molecule has 2 aliphatic rings. The Hall–Kier alpha value is -1.32. The van der Waals surface area contributed by atoms with Crippen LogP contribution in [0.4, 0.5) is 4.79 Å². The van der Waals surface area contributed by atoms with E-state index < -0.39 is 0 Å². The van der Waals surface area contributed by atoms with Gasteiger partial charge in [-0.2, -0.15) is 0 Å². The Kier molecular flexibility index (Phi) is 4.04. The normalized spacial score (nSPS) is 21.6. The number of hydrogen-bond donors (Lipinski definition) is 0. The van der Waals surface area contributed by atoms with Crippen LogP contribution in [0.25, 0.3) is 0 Å². The molecule has 0 saturated carbocycles. The molecule has 18 heavy (non-hydrogen) atoms. The van der Waals surface area contributed by atoms with Gasteiger partial charge in [-0.05, 0) is 31.8 Å². The number of nitrogens with zero attached hydrogens (tertiary/aromatic N) is 1. The third kappa shape index (κ3) is 2.57. The molecule has 0 aromatic heterocycles. The molecule has 100 valence electrons. The monoisotopic (exact) mass is 251 g/mol. The van der Waals surface area contributed by atoms with Crippen molar-refractivity contribution in [2.75, 3.05) is 19.7 Å². The highest BCUT2D eigenvalue weighted by atomic mass is 16.6. The number of rotatable bonds is 3. The van der Waals surface area contributed by atoms with E-state index in [0.29, 0.717) is 19.7 Å². The molecule has 1 spiro atoms. The molecular formula is C14H21NO3. The molecule has 0 unspecified atom stereocenters. The quantitative estimate of drug-likeness (QED) is 0.724. The van der Waals surface area contributed by atoms with E-state index in [2.05, 4.69) is 6.92 Å². The highest BCUT2D eigenvalue weighted by Crippen LogP contribution is 2.40. The molecule has 2 rings (SSSR count). The van der Waals surface area contributed by atoms with Crippen LogP contribution >= 0.6 is 0 Å². The summed E-state index contributed by atoms with van der Waals surface area (Å²) in [6.07, 6.45) is 7.72. The highest BCUT2D eigenvalue weighted by Gasteiger charge is 2.42. The number of likely N-dealkylation sites (tertiary alicyclic amines) is 1. The van der Waals surface area contributed by atoms with Crippen molar-refractivity contribution in [3.8, 4) is 0 Å². The summed E-state index contributed by atoms with van der Waals surface area (Å²) in [6, 6.07) is 0. The fourth-order valence-corrected chi connectivity index (χ4v) is 2.63. The van der Waals surface area contributed by atoms with Crippen molar-refractivity contribution in [2.45, 2.75) is 39.0 Å². The minimum absolute atomic E-state index is 0.208. The van der Waals surface area contributed by atoms with Gasteiger partial charge in [0.05, 0.1) is 6.61 Å². The molecule has 1 saturated heterocycles. The molecule has 1 heterocycles. The Morgan fingerprint density at radius 2 is 2.17 bits per heavy atom. The van der Waals surface area contributed by atoms with Crippen LogP contribution < -0.4 is 0 Å². The van der Waals surface area contributed by atoms with Gasteiger partial charge in [-0.15, -0.1) is 0 Å². The summed E-state index contributed by atoms with van der Waals surface area (Å²) in [4.78, 5) is 25.3. The minimum Gasteiger partial charge on any atom is -0.449 e. The van der Waals surface area contributed by atoms with Crippen LogP contribution in [0.2, 0.25) is 0 Å². The molecule has 1 amide bonds. The first kappa shape index (κ1) is 13.1.